The van der Waals surface area contributed by atoms with Crippen LogP contribution in [0.4, 0.5) is 0 Å². The van der Waals surface area contributed by atoms with Crippen LogP contribution in [0.1, 0.15) is 38.8 Å². The molecule has 1 rings (SSSR count). The molecule has 0 saturated carbocycles. The second-order valence-corrected chi connectivity index (χ2v) is 4.52. The van der Waals surface area contributed by atoms with E-state index in [1.165, 1.54) is 5.56 Å². The molecule has 90 valence electrons. The van der Waals surface area contributed by atoms with Crippen molar-refractivity contribution < 1.29 is 4.74 Å². The molecule has 1 aromatic carbocycles. The highest BCUT2D eigenvalue weighted by molar-refractivity contribution is 5.30. The minimum Gasteiger partial charge on any atom is -0.497 e. The van der Waals surface area contributed by atoms with E-state index in [-0.39, 0.29) is 0 Å². The van der Waals surface area contributed by atoms with Crippen LogP contribution in [0.2, 0.25) is 0 Å². The molecular formula is C14H23NO. The number of hydrogen-bond donors (Lipinski definition) is 1. The maximum atomic E-state index is 5.26. The first kappa shape index (κ1) is 13.0. The maximum absolute atomic E-state index is 5.26. The topological polar surface area (TPSA) is 21.3 Å². The van der Waals surface area contributed by atoms with Crippen molar-refractivity contribution in [2.75, 3.05) is 13.7 Å². The minimum absolute atomic E-state index is 0.431. The van der Waals surface area contributed by atoms with E-state index < -0.39 is 0 Å². The standard InChI is InChI=1S/C14H23NO/c1-5-15-14(9-11(2)3)12-7-6-8-13(10-12)16-4/h6-8,10-11,14-15H,5,9H2,1-4H3. The monoisotopic (exact) mass is 221 g/mol. The molecule has 0 radical (unpaired) electrons. The van der Waals surface area contributed by atoms with Gasteiger partial charge in [-0.1, -0.05) is 32.9 Å². The Balaban J connectivity index is 2.82. The summed E-state index contributed by atoms with van der Waals surface area (Å²) in [5.41, 5.74) is 1.31. The van der Waals surface area contributed by atoms with Gasteiger partial charge in [0.05, 0.1) is 7.11 Å². The van der Waals surface area contributed by atoms with Gasteiger partial charge in [0.25, 0.3) is 0 Å². The normalized spacial score (nSPS) is 12.8. The second-order valence-electron chi connectivity index (χ2n) is 4.52. The van der Waals surface area contributed by atoms with Gasteiger partial charge < -0.3 is 10.1 Å². The van der Waals surface area contributed by atoms with Crippen molar-refractivity contribution in [2.45, 2.75) is 33.2 Å². The van der Waals surface area contributed by atoms with Crippen LogP contribution in [0.15, 0.2) is 24.3 Å². The number of rotatable bonds is 6. The van der Waals surface area contributed by atoms with Crippen molar-refractivity contribution in [1.82, 2.24) is 5.32 Å². The van der Waals surface area contributed by atoms with Crippen LogP contribution in [0, 0.1) is 5.92 Å². The molecule has 0 amide bonds. The Morgan fingerprint density at radius 1 is 1.31 bits per heavy atom. The second kappa shape index (κ2) is 6.54. The first-order valence-corrected chi connectivity index (χ1v) is 6.04. The van der Waals surface area contributed by atoms with E-state index in [9.17, 15) is 0 Å². The van der Waals surface area contributed by atoms with Crippen molar-refractivity contribution in [2.24, 2.45) is 5.92 Å². The first-order chi connectivity index (χ1) is 7.67. The highest BCUT2D eigenvalue weighted by Gasteiger charge is 2.12. The van der Waals surface area contributed by atoms with E-state index in [4.69, 9.17) is 4.74 Å². The first-order valence-electron chi connectivity index (χ1n) is 6.04. The smallest absolute Gasteiger partial charge is 0.119 e. The average molecular weight is 221 g/mol. The van der Waals surface area contributed by atoms with Crippen molar-refractivity contribution in [3.63, 3.8) is 0 Å². The molecule has 0 aromatic heterocycles. The molecule has 16 heavy (non-hydrogen) atoms. The Bertz CT molecular complexity index is 309. The van der Waals surface area contributed by atoms with Gasteiger partial charge in [0, 0.05) is 6.04 Å². The fourth-order valence-corrected chi connectivity index (χ4v) is 1.91. The maximum Gasteiger partial charge on any atom is 0.119 e. The summed E-state index contributed by atoms with van der Waals surface area (Å²) in [5.74, 6) is 1.62. The predicted octanol–water partition coefficient (Wildman–Crippen LogP) is 3.39. The number of ether oxygens (including phenoxy) is 1. The van der Waals surface area contributed by atoms with Gasteiger partial charge in [0.1, 0.15) is 5.75 Å². The lowest BCUT2D eigenvalue weighted by Gasteiger charge is -2.20. The number of hydrogen-bond acceptors (Lipinski definition) is 2. The largest absolute Gasteiger partial charge is 0.497 e. The summed E-state index contributed by atoms with van der Waals surface area (Å²) in [5, 5.41) is 3.53. The number of benzene rings is 1. The summed E-state index contributed by atoms with van der Waals surface area (Å²) in [6.07, 6.45) is 1.15. The van der Waals surface area contributed by atoms with Crippen LogP contribution in [-0.2, 0) is 0 Å². The van der Waals surface area contributed by atoms with Crippen molar-refractivity contribution in [3.8, 4) is 5.75 Å². The van der Waals surface area contributed by atoms with Gasteiger partial charge in [-0.15, -0.1) is 0 Å². The average Bonchev–Trinajstić information content (AvgIpc) is 2.28. The molecule has 1 unspecified atom stereocenters. The summed E-state index contributed by atoms with van der Waals surface area (Å²) in [4.78, 5) is 0. The number of nitrogens with one attached hydrogen (secondary N) is 1. The number of methoxy groups -OCH3 is 1. The molecule has 1 atom stereocenters. The minimum atomic E-state index is 0.431. The Kier molecular flexibility index (Phi) is 5.33. The predicted molar refractivity (Wildman–Crippen MR) is 68.9 cm³/mol. The van der Waals surface area contributed by atoms with Crippen molar-refractivity contribution in [3.05, 3.63) is 29.8 Å². The molecule has 0 spiro atoms. The van der Waals surface area contributed by atoms with Gasteiger partial charge in [0.15, 0.2) is 0 Å². The fraction of sp³-hybridized carbons (Fsp3) is 0.571. The summed E-state index contributed by atoms with van der Waals surface area (Å²) >= 11 is 0. The Morgan fingerprint density at radius 2 is 2.06 bits per heavy atom. The van der Waals surface area contributed by atoms with E-state index in [2.05, 4.69) is 44.3 Å². The molecule has 0 fully saturated rings. The zero-order chi connectivity index (χ0) is 12.0. The fourth-order valence-electron chi connectivity index (χ4n) is 1.91. The van der Waals surface area contributed by atoms with E-state index in [0.717, 1.165) is 18.7 Å². The van der Waals surface area contributed by atoms with E-state index >= 15 is 0 Å². The van der Waals surface area contributed by atoms with Crippen LogP contribution in [0.25, 0.3) is 0 Å². The molecule has 1 N–H and O–H groups in total. The quantitative estimate of drug-likeness (QED) is 0.795. The van der Waals surface area contributed by atoms with E-state index in [0.29, 0.717) is 12.0 Å². The molecule has 0 aliphatic rings. The Morgan fingerprint density at radius 3 is 2.62 bits per heavy atom. The Labute approximate surface area is 99.0 Å². The lowest BCUT2D eigenvalue weighted by molar-refractivity contribution is 0.408. The highest BCUT2D eigenvalue weighted by Crippen LogP contribution is 2.24. The van der Waals surface area contributed by atoms with Crippen LogP contribution in [-0.4, -0.2) is 13.7 Å². The lowest BCUT2D eigenvalue weighted by atomic mass is 9.97. The highest BCUT2D eigenvalue weighted by atomic mass is 16.5. The lowest BCUT2D eigenvalue weighted by Crippen LogP contribution is -2.22. The summed E-state index contributed by atoms with van der Waals surface area (Å²) in [6, 6.07) is 8.76. The summed E-state index contributed by atoms with van der Waals surface area (Å²) in [7, 11) is 1.71. The van der Waals surface area contributed by atoms with E-state index in [1.807, 2.05) is 6.07 Å². The van der Waals surface area contributed by atoms with Crippen LogP contribution in [0.3, 0.4) is 0 Å². The third-order valence-corrected chi connectivity index (χ3v) is 2.65. The molecule has 0 heterocycles. The third-order valence-electron chi connectivity index (χ3n) is 2.65. The zero-order valence-electron chi connectivity index (χ0n) is 10.8. The summed E-state index contributed by atoms with van der Waals surface area (Å²) in [6.45, 7) is 7.65. The van der Waals surface area contributed by atoms with Crippen LogP contribution < -0.4 is 10.1 Å². The van der Waals surface area contributed by atoms with Gasteiger partial charge in [-0.05, 0) is 36.6 Å². The molecule has 0 bridgehead atoms. The Hall–Kier alpha value is -1.02. The molecule has 2 heteroatoms. The zero-order valence-corrected chi connectivity index (χ0v) is 10.8. The van der Waals surface area contributed by atoms with Gasteiger partial charge in [-0.25, -0.2) is 0 Å². The SMILES string of the molecule is CCNC(CC(C)C)c1cccc(OC)c1. The van der Waals surface area contributed by atoms with Gasteiger partial charge in [0.2, 0.25) is 0 Å². The van der Waals surface area contributed by atoms with Crippen LogP contribution in [0.5, 0.6) is 5.75 Å². The van der Waals surface area contributed by atoms with Gasteiger partial charge >= 0.3 is 0 Å². The molecule has 1 aromatic rings. The molecule has 0 aliphatic carbocycles. The molecule has 0 saturated heterocycles. The van der Waals surface area contributed by atoms with Crippen molar-refractivity contribution >= 4 is 0 Å². The van der Waals surface area contributed by atoms with Gasteiger partial charge in [-0.3, -0.25) is 0 Å². The molecule has 0 aliphatic heterocycles. The van der Waals surface area contributed by atoms with Crippen molar-refractivity contribution in [1.29, 1.82) is 0 Å². The van der Waals surface area contributed by atoms with Gasteiger partial charge in [-0.2, -0.15) is 0 Å². The van der Waals surface area contributed by atoms with Crippen LogP contribution >= 0.6 is 0 Å². The molecular weight excluding hydrogens is 198 g/mol. The third kappa shape index (κ3) is 3.86. The summed E-state index contributed by atoms with van der Waals surface area (Å²) < 4.78 is 5.26. The van der Waals surface area contributed by atoms with E-state index in [1.54, 1.807) is 7.11 Å². The molecule has 2 nitrogen and oxygen atoms in total.